The second kappa shape index (κ2) is 8.33. The number of hydrogen-bond acceptors (Lipinski definition) is 3. The molecule has 0 atom stereocenters. The van der Waals surface area contributed by atoms with Crippen molar-refractivity contribution in [2.75, 3.05) is 26.2 Å². The molecule has 5 rings (SSSR count). The van der Waals surface area contributed by atoms with Gasteiger partial charge in [-0.2, -0.15) is 5.26 Å². The molecular weight excluding hydrogens is 396 g/mol. The summed E-state index contributed by atoms with van der Waals surface area (Å²) in [5, 5.41) is 13.4. The van der Waals surface area contributed by atoms with Crippen molar-refractivity contribution >= 4 is 16.8 Å². The Morgan fingerprint density at radius 3 is 2.22 bits per heavy atom. The van der Waals surface area contributed by atoms with Crippen LogP contribution in [0.3, 0.4) is 0 Å². The fourth-order valence-electron chi connectivity index (χ4n) is 4.32. The van der Waals surface area contributed by atoms with E-state index in [2.05, 4.69) is 59.7 Å². The van der Waals surface area contributed by atoms with Crippen LogP contribution < -0.4 is 5.32 Å². The molecule has 0 saturated carbocycles. The number of aryl methyl sites for hydroxylation is 1. The van der Waals surface area contributed by atoms with Gasteiger partial charge in [0.15, 0.2) is 0 Å². The number of nitrogens with one attached hydrogen (secondary N) is 2. The van der Waals surface area contributed by atoms with Gasteiger partial charge in [-0.25, -0.2) is 0 Å². The maximum absolute atomic E-state index is 13.2. The number of rotatable bonds is 3. The Morgan fingerprint density at radius 2 is 1.56 bits per heavy atom. The molecule has 0 spiro atoms. The lowest BCUT2D eigenvalue weighted by molar-refractivity contribution is 0.0738. The van der Waals surface area contributed by atoms with Gasteiger partial charge in [-0.1, -0.05) is 42.0 Å². The minimum Gasteiger partial charge on any atom is -0.360 e. The molecule has 3 aromatic carbocycles. The van der Waals surface area contributed by atoms with Crippen molar-refractivity contribution in [1.82, 2.24) is 15.2 Å². The third kappa shape index (κ3) is 3.66. The monoisotopic (exact) mass is 420 g/mol. The summed E-state index contributed by atoms with van der Waals surface area (Å²) in [5.41, 5.74) is 7.74. The lowest BCUT2D eigenvalue weighted by Crippen LogP contribution is -2.46. The molecule has 0 bridgehead atoms. The maximum atomic E-state index is 13.2. The third-order valence-corrected chi connectivity index (χ3v) is 6.14. The van der Waals surface area contributed by atoms with Crippen LogP contribution in [0.5, 0.6) is 0 Å². The summed E-state index contributed by atoms with van der Waals surface area (Å²) in [6, 6.07) is 22.5. The van der Waals surface area contributed by atoms with Gasteiger partial charge in [0, 0.05) is 43.3 Å². The highest BCUT2D eigenvalue weighted by Crippen LogP contribution is 2.37. The number of fused-ring (bicyclic) bond motifs is 1. The fourth-order valence-corrected chi connectivity index (χ4v) is 4.32. The zero-order valence-corrected chi connectivity index (χ0v) is 18.0. The first kappa shape index (κ1) is 20.0. The number of amides is 1. The fraction of sp³-hybridized carbons (Fsp3) is 0.185. The van der Waals surface area contributed by atoms with E-state index in [1.165, 1.54) is 5.56 Å². The Morgan fingerprint density at radius 1 is 0.938 bits per heavy atom. The van der Waals surface area contributed by atoms with Gasteiger partial charge in [-0.05, 0) is 53.4 Å². The number of benzene rings is 3. The van der Waals surface area contributed by atoms with Gasteiger partial charge in [0.25, 0.3) is 5.91 Å². The first-order chi connectivity index (χ1) is 15.6. The molecule has 5 heteroatoms. The van der Waals surface area contributed by atoms with Crippen molar-refractivity contribution < 1.29 is 4.79 Å². The Hall–Kier alpha value is -3.88. The smallest absolute Gasteiger partial charge is 0.256 e. The van der Waals surface area contributed by atoms with Crippen molar-refractivity contribution in [2.24, 2.45) is 0 Å². The highest BCUT2D eigenvalue weighted by molar-refractivity contribution is 6.09. The molecule has 1 amide bonds. The molecular formula is C27H24N4O. The van der Waals surface area contributed by atoms with E-state index < -0.39 is 0 Å². The molecule has 1 aromatic heterocycles. The van der Waals surface area contributed by atoms with Crippen LogP contribution in [-0.4, -0.2) is 42.0 Å². The van der Waals surface area contributed by atoms with Gasteiger partial charge < -0.3 is 15.2 Å². The third-order valence-electron chi connectivity index (χ3n) is 6.14. The molecule has 2 N–H and O–H groups in total. The molecule has 158 valence electrons. The number of piperazine rings is 1. The molecule has 0 radical (unpaired) electrons. The summed E-state index contributed by atoms with van der Waals surface area (Å²) >= 11 is 0. The van der Waals surface area contributed by atoms with E-state index in [-0.39, 0.29) is 5.91 Å². The van der Waals surface area contributed by atoms with Crippen LogP contribution >= 0.6 is 0 Å². The number of aromatic nitrogens is 1. The first-order valence-electron chi connectivity index (χ1n) is 10.9. The molecule has 5 nitrogen and oxygen atoms in total. The van der Waals surface area contributed by atoms with Gasteiger partial charge in [-0.3, -0.25) is 4.79 Å². The molecule has 1 saturated heterocycles. The normalized spacial score (nSPS) is 13.8. The van der Waals surface area contributed by atoms with Gasteiger partial charge in [0.05, 0.1) is 17.2 Å². The minimum absolute atomic E-state index is 0.0617. The van der Waals surface area contributed by atoms with E-state index in [0.717, 1.165) is 59.3 Å². The summed E-state index contributed by atoms with van der Waals surface area (Å²) in [7, 11) is 0. The molecule has 2 heterocycles. The summed E-state index contributed by atoms with van der Waals surface area (Å²) < 4.78 is 0. The van der Waals surface area contributed by atoms with Crippen LogP contribution in [0.1, 0.15) is 21.5 Å². The second-order valence-electron chi connectivity index (χ2n) is 8.24. The first-order valence-corrected chi connectivity index (χ1v) is 10.9. The standard InChI is InChI=1S/C27H24N4O/c1-18-2-6-20(7-3-18)23-15-26-24(14-22(23)21-8-4-19(16-28)5-9-21)25(17-30-26)27(32)31-12-10-29-11-13-31/h2-9,14-15,17,29-30H,10-13H2,1H3. The topological polar surface area (TPSA) is 71.9 Å². The zero-order chi connectivity index (χ0) is 22.1. The van der Waals surface area contributed by atoms with Crippen molar-refractivity contribution in [3.05, 3.63) is 83.6 Å². The molecule has 0 aliphatic carbocycles. The maximum Gasteiger partial charge on any atom is 0.256 e. The van der Waals surface area contributed by atoms with Crippen LogP contribution in [0.15, 0.2) is 66.9 Å². The number of H-pyrrole nitrogens is 1. The largest absolute Gasteiger partial charge is 0.360 e. The summed E-state index contributed by atoms with van der Waals surface area (Å²) in [6.45, 7) is 5.16. The second-order valence-corrected chi connectivity index (χ2v) is 8.24. The Balaban J connectivity index is 1.67. The summed E-state index contributed by atoms with van der Waals surface area (Å²) in [6.07, 6.45) is 1.83. The Bertz CT molecular complexity index is 1320. The molecule has 1 fully saturated rings. The van der Waals surface area contributed by atoms with Crippen LogP contribution in [0, 0.1) is 18.3 Å². The SMILES string of the molecule is Cc1ccc(-c2cc3[nH]cc(C(=O)N4CCNCC4)c3cc2-c2ccc(C#N)cc2)cc1. The van der Waals surface area contributed by atoms with Crippen molar-refractivity contribution in [3.63, 3.8) is 0 Å². The minimum atomic E-state index is 0.0617. The number of nitrogens with zero attached hydrogens (tertiary/aromatic N) is 2. The van der Waals surface area contributed by atoms with E-state index in [9.17, 15) is 10.1 Å². The average molecular weight is 421 g/mol. The number of aromatic amines is 1. The van der Waals surface area contributed by atoms with Crippen LogP contribution in [0.25, 0.3) is 33.2 Å². The quantitative estimate of drug-likeness (QED) is 0.503. The molecule has 1 aliphatic heterocycles. The van der Waals surface area contributed by atoms with Gasteiger partial charge >= 0.3 is 0 Å². The highest BCUT2D eigenvalue weighted by atomic mass is 16.2. The molecule has 4 aromatic rings. The van der Waals surface area contributed by atoms with E-state index in [0.29, 0.717) is 11.1 Å². The van der Waals surface area contributed by atoms with Crippen molar-refractivity contribution in [3.8, 4) is 28.3 Å². The van der Waals surface area contributed by atoms with E-state index in [4.69, 9.17) is 0 Å². The van der Waals surface area contributed by atoms with Crippen molar-refractivity contribution in [1.29, 1.82) is 5.26 Å². The van der Waals surface area contributed by atoms with E-state index in [1.807, 2.05) is 35.4 Å². The van der Waals surface area contributed by atoms with Crippen LogP contribution in [0.4, 0.5) is 0 Å². The zero-order valence-electron chi connectivity index (χ0n) is 18.0. The lowest BCUT2D eigenvalue weighted by Gasteiger charge is -2.27. The Kier molecular flexibility index (Phi) is 5.22. The number of carbonyl (C=O) groups excluding carboxylic acids is 1. The van der Waals surface area contributed by atoms with Gasteiger partial charge in [0.1, 0.15) is 0 Å². The summed E-state index contributed by atoms with van der Waals surface area (Å²) in [5.74, 6) is 0.0617. The molecule has 0 unspecified atom stereocenters. The number of hydrogen-bond donors (Lipinski definition) is 2. The van der Waals surface area contributed by atoms with Crippen LogP contribution in [-0.2, 0) is 0 Å². The molecule has 32 heavy (non-hydrogen) atoms. The Labute approximate surface area is 187 Å². The van der Waals surface area contributed by atoms with Gasteiger partial charge in [0.2, 0.25) is 0 Å². The van der Waals surface area contributed by atoms with E-state index in [1.54, 1.807) is 0 Å². The lowest BCUT2D eigenvalue weighted by atomic mass is 9.91. The number of nitriles is 1. The average Bonchev–Trinajstić information content (AvgIpc) is 3.27. The predicted octanol–water partition coefficient (Wildman–Crippen LogP) is 4.73. The predicted molar refractivity (Wildman–Crippen MR) is 127 cm³/mol. The summed E-state index contributed by atoms with van der Waals surface area (Å²) in [4.78, 5) is 18.5. The molecule has 1 aliphatic rings. The van der Waals surface area contributed by atoms with Crippen molar-refractivity contribution in [2.45, 2.75) is 6.92 Å². The highest BCUT2D eigenvalue weighted by Gasteiger charge is 2.22. The van der Waals surface area contributed by atoms with Gasteiger partial charge in [-0.15, -0.1) is 0 Å². The van der Waals surface area contributed by atoms with E-state index >= 15 is 0 Å². The number of carbonyl (C=O) groups is 1. The van der Waals surface area contributed by atoms with Crippen LogP contribution in [0.2, 0.25) is 0 Å².